The van der Waals surface area contributed by atoms with Crippen LogP contribution in [0.3, 0.4) is 0 Å². The van der Waals surface area contributed by atoms with Gasteiger partial charge in [0.25, 0.3) is 0 Å². The van der Waals surface area contributed by atoms with Gasteiger partial charge in [0.15, 0.2) is 5.65 Å². The molecular formula is C15H22N4O. The Balaban J connectivity index is 1.78. The minimum atomic E-state index is 0.686. The molecule has 5 nitrogen and oxygen atoms in total. The minimum Gasteiger partial charge on any atom is -0.381 e. The summed E-state index contributed by atoms with van der Waals surface area (Å²) in [5.74, 6) is 0.859. The zero-order chi connectivity index (χ0) is 14.2. The number of hydrogen-bond acceptors (Lipinski definition) is 5. The van der Waals surface area contributed by atoms with Gasteiger partial charge in [0, 0.05) is 30.8 Å². The van der Waals surface area contributed by atoms with E-state index in [2.05, 4.69) is 15.3 Å². The molecule has 0 aliphatic rings. The molecule has 0 atom stereocenters. The number of nitrogens with one attached hydrogen (secondary N) is 1. The number of aromatic nitrogens is 2. The zero-order valence-electron chi connectivity index (χ0n) is 11.9. The van der Waals surface area contributed by atoms with Gasteiger partial charge >= 0.3 is 0 Å². The highest BCUT2D eigenvalue weighted by molar-refractivity contribution is 5.76. The summed E-state index contributed by atoms with van der Waals surface area (Å²) in [6.45, 7) is 4.99. The molecule has 0 radical (unpaired) electrons. The second-order valence-corrected chi connectivity index (χ2v) is 4.73. The summed E-state index contributed by atoms with van der Waals surface area (Å²) in [5.41, 5.74) is 7.16. The first-order chi connectivity index (χ1) is 9.79. The molecule has 0 spiro atoms. The maximum Gasteiger partial charge on any atom is 0.161 e. The molecule has 2 heterocycles. The summed E-state index contributed by atoms with van der Waals surface area (Å²) >= 11 is 0. The number of rotatable bonds is 8. The molecule has 0 fully saturated rings. The standard InChI is InChI=1S/C15H22N4O/c1-12-4-5-13-6-7-14(19-15(13)18-12)17-9-3-11-20-10-2-8-16/h4-7H,2-3,8-11,16H2,1H3,(H,17,18,19). The van der Waals surface area contributed by atoms with E-state index in [1.165, 1.54) is 0 Å². The molecule has 3 N–H and O–H groups in total. The van der Waals surface area contributed by atoms with Crippen molar-refractivity contribution in [3.63, 3.8) is 0 Å². The van der Waals surface area contributed by atoms with Gasteiger partial charge in [-0.1, -0.05) is 0 Å². The van der Waals surface area contributed by atoms with Crippen molar-refractivity contribution in [2.45, 2.75) is 19.8 Å². The Hall–Kier alpha value is -1.72. The topological polar surface area (TPSA) is 73.1 Å². The highest BCUT2D eigenvalue weighted by Gasteiger charge is 1.99. The molecule has 0 aromatic carbocycles. The lowest BCUT2D eigenvalue weighted by Crippen LogP contribution is -2.09. The highest BCUT2D eigenvalue weighted by Crippen LogP contribution is 2.13. The van der Waals surface area contributed by atoms with Gasteiger partial charge < -0.3 is 15.8 Å². The first-order valence-corrected chi connectivity index (χ1v) is 7.05. The smallest absolute Gasteiger partial charge is 0.161 e. The average Bonchev–Trinajstić information content (AvgIpc) is 2.46. The number of aryl methyl sites for hydroxylation is 1. The van der Waals surface area contributed by atoms with E-state index in [0.29, 0.717) is 6.54 Å². The van der Waals surface area contributed by atoms with Crippen LogP contribution in [0.5, 0.6) is 0 Å². The number of nitrogens with two attached hydrogens (primary N) is 1. The van der Waals surface area contributed by atoms with Crippen molar-refractivity contribution in [3.05, 3.63) is 30.0 Å². The molecule has 2 aromatic heterocycles. The Bertz CT molecular complexity index is 544. The van der Waals surface area contributed by atoms with Gasteiger partial charge in [-0.15, -0.1) is 0 Å². The average molecular weight is 274 g/mol. The predicted octanol–water partition coefficient (Wildman–Crippen LogP) is 2.11. The molecule has 0 bridgehead atoms. The lowest BCUT2D eigenvalue weighted by molar-refractivity contribution is 0.133. The number of fused-ring (bicyclic) bond motifs is 1. The van der Waals surface area contributed by atoms with Crippen molar-refractivity contribution in [1.29, 1.82) is 0 Å². The van der Waals surface area contributed by atoms with E-state index in [0.717, 1.165) is 55.1 Å². The van der Waals surface area contributed by atoms with Crippen LogP contribution in [0.2, 0.25) is 0 Å². The Kier molecular flexibility index (Phi) is 5.70. The van der Waals surface area contributed by atoms with E-state index >= 15 is 0 Å². The maximum absolute atomic E-state index is 5.45. The van der Waals surface area contributed by atoms with Gasteiger partial charge in [0.1, 0.15) is 5.82 Å². The molecule has 5 heteroatoms. The highest BCUT2D eigenvalue weighted by atomic mass is 16.5. The van der Waals surface area contributed by atoms with E-state index < -0.39 is 0 Å². The summed E-state index contributed by atoms with van der Waals surface area (Å²) in [6, 6.07) is 8.05. The number of anilines is 1. The lowest BCUT2D eigenvalue weighted by atomic mass is 10.2. The van der Waals surface area contributed by atoms with Crippen LogP contribution in [0.15, 0.2) is 24.3 Å². The normalized spacial score (nSPS) is 10.9. The van der Waals surface area contributed by atoms with Gasteiger partial charge in [0.05, 0.1) is 0 Å². The van der Waals surface area contributed by atoms with Gasteiger partial charge in [0.2, 0.25) is 0 Å². The van der Waals surface area contributed by atoms with Crippen LogP contribution in [0, 0.1) is 6.92 Å². The Morgan fingerprint density at radius 1 is 1.10 bits per heavy atom. The third kappa shape index (κ3) is 4.43. The van der Waals surface area contributed by atoms with E-state index in [-0.39, 0.29) is 0 Å². The largest absolute Gasteiger partial charge is 0.381 e. The third-order valence-electron chi connectivity index (χ3n) is 2.96. The molecule has 2 rings (SSSR count). The Morgan fingerprint density at radius 2 is 1.90 bits per heavy atom. The number of ether oxygens (including phenoxy) is 1. The number of nitrogens with zero attached hydrogens (tertiary/aromatic N) is 2. The summed E-state index contributed by atoms with van der Waals surface area (Å²) in [4.78, 5) is 8.93. The summed E-state index contributed by atoms with van der Waals surface area (Å²) in [6.07, 6.45) is 1.87. The Morgan fingerprint density at radius 3 is 2.75 bits per heavy atom. The van der Waals surface area contributed by atoms with Crippen LogP contribution >= 0.6 is 0 Å². The van der Waals surface area contributed by atoms with Crippen LogP contribution < -0.4 is 11.1 Å². The monoisotopic (exact) mass is 274 g/mol. The van der Waals surface area contributed by atoms with Crippen molar-refractivity contribution >= 4 is 16.9 Å². The van der Waals surface area contributed by atoms with Gasteiger partial charge in [-0.25, -0.2) is 9.97 Å². The summed E-state index contributed by atoms with van der Waals surface area (Å²) in [7, 11) is 0. The van der Waals surface area contributed by atoms with Crippen molar-refractivity contribution in [2.75, 3.05) is 31.6 Å². The van der Waals surface area contributed by atoms with Gasteiger partial charge in [-0.3, -0.25) is 0 Å². The molecule has 2 aromatic rings. The van der Waals surface area contributed by atoms with E-state index in [4.69, 9.17) is 10.5 Å². The first kappa shape index (κ1) is 14.7. The SMILES string of the molecule is Cc1ccc2ccc(NCCCOCCCN)nc2n1. The van der Waals surface area contributed by atoms with Crippen molar-refractivity contribution in [2.24, 2.45) is 5.73 Å². The molecule has 0 unspecified atom stereocenters. The van der Waals surface area contributed by atoms with Crippen molar-refractivity contribution in [1.82, 2.24) is 9.97 Å². The second-order valence-electron chi connectivity index (χ2n) is 4.73. The molecule has 0 amide bonds. The fourth-order valence-electron chi connectivity index (χ4n) is 1.87. The van der Waals surface area contributed by atoms with Crippen LogP contribution in [0.25, 0.3) is 11.0 Å². The first-order valence-electron chi connectivity index (χ1n) is 7.05. The lowest BCUT2D eigenvalue weighted by Gasteiger charge is -2.07. The number of pyridine rings is 2. The molecule has 0 aliphatic carbocycles. The fraction of sp³-hybridized carbons (Fsp3) is 0.467. The molecule has 108 valence electrons. The predicted molar refractivity (Wildman–Crippen MR) is 81.9 cm³/mol. The van der Waals surface area contributed by atoms with Crippen LogP contribution in [0.1, 0.15) is 18.5 Å². The van der Waals surface area contributed by atoms with E-state index in [9.17, 15) is 0 Å². The second kappa shape index (κ2) is 7.77. The van der Waals surface area contributed by atoms with Crippen LogP contribution in [-0.2, 0) is 4.74 Å². The van der Waals surface area contributed by atoms with E-state index in [1.54, 1.807) is 0 Å². The zero-order valence-corrected chi connectivity index (χ0v) is 11.9. The minimum absolute atomic E-state index is 0.686. The molecule has 0 saturated heterocycles. The maximum atomic E-state index is 5.45. The van der Waals surface area contributed by atoms with Gasteiger partial charge in [-0.2, -0.15) is 0 Å². The summed E-state index contributed by atoms with van der Waals surface area (Å²) < 4.78 is 5.45. The molecule has 20 heavy (non-hydrogen) atoms. The Labute approximate surface area is 119 Å². The quantitative estimate of drug-likeness (QED) is 0.721. The van der Waals surface area contributed by atoms with Crippen LogP contribution in [0.4, 0.5) is 5.82 Å². The van der Waals surface area contributed by atoms with Gasteiger partial charge in [-0.05, 0) is 50.6 Å². The third-order valence-corrected chi connectivity index (χ3v) is 2.96. The summed E-state index contributed by atoms with van der Waals surface area (Å²) in [5, 5.41) is 4.35. The molecule has 0 aliphatic heterocycles. The molecular weight excluding hydrogens is 252 g/mol. The van der Waals surface area contributed by atoms with Crippen molar-refractivity contribution in [3.8, 4) is 0 Å². The van der Waals surface area contributed by atoms with E-state index in [1.807, 2.05) is 31.2 Å². The van der Waals surface area contributed by atoms with Crippen molar-refractivity contribution < 1.29 is 4.74 Å². The van der Waals surface area contributed by atoms with Crippen LogP contribution in [-0.4, -0.2) is 36.3 Å². The number of hydrogen-bond donors (Lipinski definition) is 2. The molecule has 0 saturated carbocycles. The fourth-order valence-corrected chi connectivity index (χ4v) is 1.87.